The van der Waals surface area contributed by atoms with Gasteiger partial charge < -0.3 is 9.84 Å². The smallest absolute Gasteiger partial charge is 0.129 e. The lowest BCUT2D eigenvalue weighted by Gasteiger charge is -2.18. The monoisotopic (exact) mass is 276 g/mol. The quantitative estimate of drug-likeness (QED) is 0.934. The first-order valence-corrected chi connectivity index (χ1v) is 6.49. The average molecular weight is 276 g/mol. The van der Waals surface area contributed by atoms with Crippen molar-refractivity contribution in [2.45, 2.75) is 25.0 Å². The number of halogens is 2. The number of fused-ring (bicyclic) bond motifs is 1. The van der Waals surface area contributed by atoms with Crippen molar-refractivity contribution in [2.24, 2.45) is 0 Å². The largest absolute Gasteiger partial charge is 0.487 e. The van der Waals surface area contributed by atoms with Gasteiger partial charge in [0, 0.05) is 18.9 Å². The fraction of sp³-hybridized carbons (Fsp3) is 0.250. The van der Waals surface area contributed by atoms with Crippen LogP contribution in [0.5, 0.6) is 5.75 Å². The molecule has 104 valence electrons. The molecule has 1 aliphatic heterocycles. The molecule has 20 heavy (non-hydrogen) atoms. The molecule has 2 aromatic rings. The van der Waals surface area contributed by atoms with Crippen LogP contribution in [0.4, 0.5) is 8.78 Å². The van der Waals surface area contributed by atoms with Gasteiger partial charge in [0.2, 0.25) is 0 Å². The van der Waals surface area contributed by atoms with Gasteiger partial charge in [0.15, 0.2) is 0 Å². The fourth-order valence-electron chi connectivity index (χ4n) is 2.53. The molecule has 2 aromatic carbocycles. The number of hydrogen-bond donors (Lipinski definition) is 1. The van der Waals surface area contributed by atoms with Gasteiger partial charge in [-0.3, -0.25) is 0 Å². The molecular formula is C16H14F2O2. The minimum Gasteiger partial charge on any atom is -0.487 e. The molecule has 0 saturated carbocycles. The second-order valence-corrected chi connectivity index (χ2v) is 5.02. The van der Waals surface area contributed by atoms with Crippen molar-refractivity contribution in [3.05, 3.63) is 65.2 Å². The Bertz CT molecular complexity index is 582. The van der Waals surface area contributed by atoms with E-state index in [1.54, 1.807) is 0 Å². The van der Waals surface area contributed by atoms with Crippen LogP contribution in [0.2, 0.25) is 0 Å². The number of benzene rings is 2. The summed E-state index contributed by atoms with van der Waals surface area (Å²) in [6.07, 6.45) is -0.412. The Hall–Kier alpha value is -1.94. The summed E-state index contributed by atoms with van der Waals surface area (Å²) in [4.78, 5) is 0. The molecule has 0 aliphatic carbocycles. The molecule has 0 amide bonds. The van der Waals surface area contributed by atoms with E-state index in [2.05, 4.69) is 0 Å². The van der Waals surface area contributed by atoms with Crippen LogP contribution in [0.1, 0.15) is 11.1 Å². The molecule has 0 bridgehead atoms. The molecule has 0 spiro atoms. The zero-order valence-corrected chi connectivity index (χ0v) is 10.7. The van der Waals surface area contributed by atoms with Gasteiger partial charge >= 0.3 is 0 Å². The van der Waals surface area contributed by atoms with E-state index in [1.165, 1.54) is 12.1 Å². The second kappa shape index (κ2) is 5.21. The summed E-state index contributed by atoms with van der Waals surface area (Å²) in [5.41, 5.74) is 1.47. The van der Waals surface area contributed by atoms with Gasteiger partial charge in [-0.1, -0.05) is 18.2 Å². The molecule has 0 fully saturated rings. The highest BCUT2D eigenvalue weighted by atomic mass is 19.1. The van der Waals surface area contributed by atoms with Crippen molar-refractivity contribution < 1.29 is 18.6 Å². The Balaban J connectivity index is 1.70. The lowest BCUT2D eigenvalue weighted by molar-refractivity contribution is 0.0502. The third-order valence-electron chi connectivity index (χ3n) is 3.47. The predicted octanol–water partition coefficient (Wildman–Crippen LogP) is 2.87. The second-order valence-electron chi connectivity index (χ2n) is 5.02. The van der Waals surface area contributed by atoms with E-state index < -0.39 is 17.7 Å². The molecule has 2 unspecified atom stereocenters. The number of para-hydroxylation sites is 1. The number of ether oxygens (including phenoxy) is 1. The van der Waals surface area contributed by atoms with Crippen molar-refractivity contribution in [2.75, 3.05) is 0 Å². The molecule has 0 saturated heterocycles. The summed E-state index contributed by atoms with van der Waals surface area (Å²) in [6, 6.07) is 10.9. The third kappa shape index (κ3) is 2.65. The van der Waals surface area contributed by atoms with E-state index in [-0.39, 0.29) is 12.5 Å². The summed E-state index contributed by atoms with van der Waals surface area (Å²) in [5.74, 6) is -0.507. The lowest BCUT2D eigenvalue weighted by Crippen LogP contribution is -2.32. The predicted molar refractivity (Wildman–Crippen MR) is 70.6 cm³/mol. The van der Waals surface area contributed by atoms with E-state index >= 15 is 0 Å². The Kier molecular flexibility index (Phi) is 3.40. The Morgan fingerprint density at radius 3 is 2.55 bits per heavy atom. The number of aliphatic hydroxyl groups excluding tert-OH is 1. The first kappa shape index (κ1) is 13.1. The molecular weight excluding hydrogens is 262 g/mol. The molecule has 2 nitrogen and oxygen atoms in total. The van der Waals surface area contributed by atoms with Crippen LogP contribution in [0.25, 0.3) is 0 Å². The minimum atomic E-state index is -0.802. The highest BCUT2D eigenvalue weighted by Gasteiger charge is 2.29. The fourth-order valence-corrected chi connectivity index (χ4v) is 2.53. The Morgan fingerprint density at radius 1 is 1.15 bits per heavy atom. The van der Waals surface area contributed by atoms with Crippen LogP contribution in [0.15, 0.2) is 42.5 Å². The van der Waals surface area contributed by atoms with Crippen molar-refractivity contribution in [1.82, 2.24) is 0 Å². The normalized spacial score (nSPS) is 18.4. The van der Waals surface area contributed by atoms with Gasteiger partial charge in [-0.25, -0.2) is 8.78 Å². The topological polar surface area (TPSA) is 29.5 Å². The van der Waals surface area contributed by atoms with Crippen LogP contribution in [0.3, 0.4) is 0 Å². The van der Waals surface area contributed by atoms with E-state index in [4.69, 9.17) is 4.74 Å². The molecule has 3 rings (SSSR count). The van der Waals surface area contributed by atoms with E-state index in [0.29, 0.717) is 12.0 Å². The highest BCUT2D eigenvalue weighted by Crippen LogP contribution is 2.30. The van der Waals surface area contributed by atoms with Gasteiger partial charge in [-0.15, -0.1) is 0 Å². The molecule has 2 atom stereocenters. The van der Waals surface area contributed by atoms with Crippen LogP contribution >= 0.6 is 0 Å². The van der Waals surface area contributed by atoms with Gasteiger partial charge in [-0.05, 0) is 29.3 Å². The Labute approximate surface area is 115 Å². The molecule has 0 radical (unpaired) electrons. The summed E-state index contributed by atoms with van der Waals surface area (Å²) in [5, 5.41) is 10.2. The standard InChI is InChI=1S/C16H14F2O2/c17-12-5-10(6-13(18)9-12)7-14(19)16-8-11-3-1-2-4-15(11)20-16/h1-6,9,14,16,19H,7-8H2. The van der Waals surface area contributed by atoms with Gasteiger partial charge in [-0.2, -0.15) is 0 Å². The summed E-state index contributed by atoms with van der Waals surface area (Å²) in [6.45, 7) is 0. The molecule has 0 aromatic heterocycles. The zero-order chi connectivity index (χ0) is 14.1. The van der Waals surface area contributed by atoms with Crippen LogP contribution in [-0.2, 0) is 12.8 Å². The zero-order valence-electron chi connectivity index (χ0n) is 10.7. The van der Waals surface area contributed by atoms with Crippen LogP contribution in [-0.4, -0.2) is 17.3 Å². The summed E-state index contributed by atoms with van der Waals surface area (Å²) < 4.78 is 31.9. The first-order chi connectivity index (χ1) is 9.61. The van der Waals surface area contributed by atoms with Gasteiger partial charge in [0.05, 0.1) is 6.10 Å². The molecule has 4 heteroatoms. The van der Waals surface area contributed by atoms with Gasteiger partial charge in [0.25, 0.3) is 0 Å². The van der Waals surface area contributed by atoms with Gasteiger partial charge in [0.1, 0.15) is 23.5 Å². The van der Waals surface area contributed by atoms with E-state index in [1.807, 2.05) is 24.3 Å². The van der Waals surface area contributed by atoms with E-state index in [0.717, 1.165) is 17.4 Å². The highest BCUT2D eigenvalue weighted by molar-refractivity contribution is 5.37. The lowest BCUT2D eigenvalue weighted by atomic mass is 10.00. The third-order valence-corrected chi connectivity index (χ3v) is 3.47. The maximum atomic E-state index is 13.1. The van der Waals surface area contributed by atoms with Crippen molar-refractivity contribution in [3.63, 3.8) is 0 Å². The summed E-state index contributed by atoms with van der Waals surface area (Å²) in [7, 11) is 0. The average Bonchev–Trinajstić information content (AvgIpc) is 2.81. The van der Waals surface area contributed by atoms with E-state index in [9.17, 15) is 13.9 Å². The number of hydrogen-bond acceptors (Lipinski definition) is 2. The maximum absolute atomic E-state index is 13.1. The maximum Gasteiger partial charge on any atom is 0.129 e. The van der Waals surface area contributed by atoms with Crippen molar-refractivity contribution in [1.29, 1.82) is 0 Å². The number of rotatable bonds is 3. The van der Waals surface area contributed by atoms with Crippen molar-refractivity contribution in [3.8, 4) is 5.75 Å². The first-order valence-electron chi connectivity index (χ1n) is 6.49. The SMILES string of the molecule is OC(Cc1cc(F)cc(F)c1)C1Cc2ccccc2O1. The van der Waals surface area contributed by atoms with Crippen LogP contribution < -0.4 is 4.74 Å². The number of aliphatic hydroxyl groups is 1. The minimum absolute atomic E-state index is 0.160. The molecule has 1 aliphatic rings. The molecule has 1 N–H and O–H groups in total. The summed E-state index contributed by atoms with van der Waals surface area (Å²) >= 11 is 0. The van der Waals surface area contributed by atoms with Crippen molar-refractivity contribution >= 4 is 0 Å². The molecule has 1 heterocycles. The Morgan fingerprint density at radius 2 is 1.85 bits per heavy atom. The van der Waals surface area contributed by atoms with Crippen LogP contribution in [0, 0.1) is 11.6 Å².